The Balaban J connectivity index is 0.939. The molecule has 0 heterocycles. The lowest BCUT2D eigenvalue weighted by Crippen LogP contribution is -2.70. The van der Waals surface area contributed by atoms with Gasteiger partial charge in [0.25, 0.3) is 0 Å². The number of rotatable bonds is 8. The van der Waals surface area contributed by atoms with Crippen molar-refractivity contribution in [1.29, 1.82) is 0 Å². The van der Waals surface area contributed by atoms with Crippen LogP contribution in [0.15, 0.2) is 11.6 Å². The summed E-state index contributed by atoms with van der Waals surface area (Å²) in [6.07, 6.45) is 28.0. The van der Waals surface area contributed by atoms with E-state index in [-0.39, 0.29) is 50.0 Å². The summed E-state index contributed by atoms with van der Waals surface area (Å²) in [4.78, 5) is 28.8. The van der Waals surface area contributed by atoms with Gasteiger partial charge in [0.1, 0.15) is 11.9 Å². The summed E-state index contributed by atoms with van der Waals surface area (Å²) < 4.78 is 7.09. The Morgan fingerprint density at radius 3 is 2.06 bits per heavy atom. The summed E-state index contributed by atoms with van der Waals surface area (Å²) in [5.41, 5.74) is 2.83. The van der Waals surface area contributed by atoms with E-state index in [1.807, 2.05) is 0 Å². The van der Waals surface area contributed by atoms with E-state index in [1.165, 1.54) is 89.9 Å². The van der Waals surface area contributed by atoms with Gasteiger partial charge in [0, 0.05) is 18.3 Å². The summed E-state index contributed by atoms with van der Waals surface area (Å²) in [5, 5.41) is 0. The van der Waals surface area contributed by atoms with Gasteiger partial charge in [-0.05, 0) is 200 Å². The Morgan fingerprint density at radius 2 is 1.35 bits per heavy atom. The van der Waals surface area contributed by atoms with Gasteiger partial charge in [-0.25, -0.2) is 0 Å². The van der Waals surface area contributed by atoms with E-state index in [9.17, 15) is 4.79 Å². The zero-order valence-corrected chi connectivity index (χ0v) is 43.0. The van der Waals surface area contributed by atoms with Crippen molar-refractivity contribution in [2.24, 2.45) is 108 Å². The quantitative estimate of drug-likeness (QED) is 0.180. The monoisotopic (exact) mass is 853 g/mol. The molecule has 0 amide bonds. The first-order chi connectivity index (χ1) is 28.9. The Bertz CT molecular complexity index is 1800. The van der Waals surface area contributed by atoms with E-state index >= 15 is 4.79 Å². The second kappa shape index (κ2) is 14.9. The third kappa shape index (κ3) is 6.03. The number of carbonyl (C=O) groups excluding carboxylic acids is 2. The van der Waals surface area contributed by atoms with Crippen LogP contribution in [0, 0.1) is 108 Å². The smallest absolute Gasteiger partial charge is 0.312 e. The molecule has 0 spiro atoms. The zero-order chi connectivity index (χ0) is 44.8. The fraction of sp³-hybridized carbons (Fsp3) is 0.932. The highest BCUT2D eigenvalue weighted by Crippen LogP contribution is 2.81. The van der Waals surface area contributed by atoms with Crippen LogP contribution >= 0.6 is 0 Å². The van der Waals surface area contributed by atoms with E-state index in [0.29, 0.717) is 46.2 Å². The summed E-state index contributed by atoms with van der Waals surface area (Å²) in [6.45, 7) is 35.7. The first kappa shape index (κ1) is 46.0. The molecular formula is C59H96O3. The van der Waals surface area contributed by atoms with Gasteiger partial charge in [-0.2, -0.15) is 0 Å². The van der Waals surface area contributed by atoms with Crippen molar-refractivity contribution in [3.05, 3.63) is 11.6 Å². The van der Waals surface area contributed by atoms with Crippen molar-refractivity contribution in [3.63, 3.8) is 0 Å². The van der Waals surface area contributed by atoms with E-state index in [4.69, 9.17) is 4.74 Å². The van der Waals surface area contributed by atoms with Crippen molar-refractivity contribution >= 4 is 11.8 Å². The van der Waals surface area contributed by atoms with Crippen molar-refractivity contribution in [2.75, 3.05) is 0 Å². The van der Waals surface area contributed by atoms with Gasteiger partial charge in [-0.1, -0.05) is 128 Å². The van der Waals surface area contributed by atoms with Crippen LogP contribution in [0.4, 0.5) is 0 Å². The van der Waals surface area contributed by atoms with Crippen molar-refractivity contribution < 1.29 is 14.3 Å². The van der Waals surface area contributed by atoms with Crippen molar-refractivity contribution in [1.82, 2.24) is 0 Å². The first-order valence-electron chi connectivity index (χ1n) is 27.3. The van der Waals surface area contributed by atoms with Crippen LogP contribution in [0.25, 0.3) is 0 Å². The number of hydrogen-bond acceptors (Lipinski definition) is 3. The highest BCUT2D eigenvalue weighted by molar-refractivity contribution is 5.85. The molecule has 0 aromatic carbocycles. The molecule has 9 rings (SSSR count). The van der Waals surface area contributed by atoms with Crippen LogP contribution in [0.5, 0.6) is 0 Å². The fourth-order valence-electron chi connectivity index (χ4n) is 21.8. The van der Waals surface area contributed by atoms with Crippen LogP contribution in [0.2, 0.25) is 0 Å². The Morgan fingerprint density at radius 1 is 0.661 bits per heavy atom. The highest BCUT2D eigenvalue weighted by Gasteiger charge is 2.76. The topological polar surface area (TPSA) is 43.4 Å². The van der Waals surface area contributed by atoms with Crippen LogP contribution in [0.3, 0.4) is 0 Å². The molecule has 350 valence electrons. The molecule has 0 saturated heterocycles. The van der Waals surface area contributed by atoms with Gasteiger partial charge in [0.2, 0.25) is 0 Å². The molecule has 9 aliphatic carbocycles. The normalized spacial score (nSPS) is 52.1. The summed E-state index contributed by atoms with van der Waals surface area (Å²) >= 11 is 0. The molecule has 62 heavy (non-hydrogen) atoms. The molecule has 8 saturated carbocycles. The third-order valence-electron chi connectivity index (χ3n) is 25.3. The Hall–Kier alpha value is -1.12. The molecule has 3 heteroatoms. The first-order valence-corrected chi connectivity index (χ1v) is 27.3. The number of ether oxygens (including phenoxy) is 1. The molecule has 2 unspecified atom stereocenters. The van der Waals surface area contributed by atoms with E-state index in [2.05, 4.69) is 103 Å². The second-order valence-electron chi connectivity index (χ2n) is 28.3. The molecule has 9 aliphatic rings. The predicted molar refractivity (Wildman–Crippen MR) is 256 cm³/mol. The molecule has 0 bridgehead atoms. The molecule has 0 aromatic heterocycles. The van der Waals surface area contributed by atoms with Gasteiger partial charge in [0.05, 0.1) is 5.41 Å². The minimum atomic E-state index is -0.355. The number of Topliss-reactive ketones (excluding diaryl/α,β-unsaturated/α-hetero) is 1. The largest absolute Gasteiger partial charge is 0.462 e. The number of esters is 1. The van der Waals surface area contributed by atoms with Crippen LogP contribution in [-0.4, -0.2) is 17.9 Å². The number of hydrogen-bond donors (Lipinski definition) is 0. The lowest BCUT2D eigenvalue weighted by molar-refractivity contribution is -0.271. The van der Waals surface area contributed by atoms with Gasteiger partial charge < -0.3 is 4.74 Å². The average molecular weight is 853 g/mol. The zero-order valence-electron chi connectivity index (χ0n) is 43.0. The lowest BCUT2D eigenvalue weighted by atomic mass is 9.29. The van der Waals surface area contributed by atoms with Crippen LogP contribution in [-0.2, 0) is 14.3 Å². The molecule has 8 fully saturated rings. The van der Waals surface area contributed by atoms with Gasteiger partial charge >= 0.3 is 5.97 Å². The number of allylic oxidation sites excluding steroid dienone is 1. The molecule has 0 aromatic rings. The van der Waals surface area contributed by atoms with Crippen molar-refractivity contribution in [2.45, 2.75) is 238 Å². The maximum absolute atomic E-state index is 15.5. The molecule has 0 aliphatic heterocycles. The Labute approximate surface area is 382 Å². The minimum Gasteiger partial charge on any atom is -0.462 e. The standard InChI is InChI=1S/C59H96O3/c1-37(2)16-15-17-39(5)43-18-19-45-53(43,9)29-23-46-52(8)28-21-41(36-40(52)20-27-55(45,46)11)62-50(61)59-33-22-42(38(3)4)49(59)57(13)32-25-47-54(10)30-26-48(60)51(6,7)44(54)24-31-56(47,12)58(57,14)34-35-59/h20,37-39,41-47,49H,15-19,21-36H2,1-14H3/t39-,41-,42+,43-,44?,45-,46-,47-,49?,52+,53-,54+,55+,56-,57-,58+,59+/m1/s1. The van der Waals surface area contributed by atoms with E-state index < -0.39 is 0 Å². The third-order valence-corrected chi connectivity index (χ3v) is 25.3. The van der Waals surface area contributed by atoms with Gasteiger partial charge in [-0.15, -0.1) is 0 Å². The fourth-order valence-corrected chi connectivity index (χ4v) is 21.8. The Kier molecular flexibility index (Phi) is 11.1. The predicted octanol–water partition coefficient (Wildman–Crippen LogP) is 16.0. The summed E-state index contributed by atoms with van der Waals surface area (Å²) in [6, 6.07) is 0. The maximum Gasteiger partial charge on any atom is 0.312 e. The molecule has 0 N–H and O–H groups in total. The van der Waals surface area contributed by atoms with Crippen molar-refractivity contribution in [3.8, 4) is 0 Å². The summed E-state index contributed by atoms with van der Waals surface area (Å²) in [5.74, 6) is 7.43. The maximum atomic E-state index is 15.5. The molecule has 3 nitrogen and oxygen atoms in total. The van der Waals surface area contributed by atoms with E-state index in [1.54, 1.807) is 5.57 Å². The van der Waals surface area contributed by atoms with Crippen LogP contribution in [0.1, 0.15) is 232 Å². The molecule has 0 radical (unpaired) electrons. The van der Waals surface area contributed by atoms with Crippen LogP contribution < -0.4 is 0 Å². The highest BCUT2D eigenvalue weighted by atomic mass is 16.5. The van der Waals surface area contributed by atoms with Gasteiger partial charge in [0.15, 0.2) is 0 Å². The number of carbonyl (C=O) groups is 2. The minimum absolute atomic E-state index is 0.0256. The van der Waals surface area contributed by atoms with E-state index in [0.717, 1.165) is 74.5 Å². The number of ketones is 1. The average Bonchev–Trinajstić information content (AvgIpc) is 3.78. The van der Waals surface area contributed by atoms with Gasteiger partial charge in [-0.3, -0.25) is 9.59 Å². The summed E-state index contributed by atoms with van der Waals surface area (Å²) in [7, 11) is 0. The molecule has 17 atom stereocenters. The second-order valence-corrected chi connectivity index (χ2v) is 28.3. The lowest BCUT2D eigenvalue weighted by Gasteiger charge is -2.75. The number of fused-ring (bicyclic) bond motifs is 12. The SMILES string of the molecule is CC(C)CCC[C@@H](C)[C@H]1CC[C@@H]2[C@]1(C)CC[C@H]1[C@@]2(C)CC=C2C[C@H](OC(=O)[C@]34CC[C@@H](C(C)C)C3[C@@]3(C)CC[C@@H]5[C@@]6(C)CCC(=O)C(C)(C)C6CC[C@@]5(C)[C@]3(C)CC4)CC[C@@]21C. The molecular weight excluding hydrogens is 757 g/mol.